The van der Waals surface area contributed by atoms with Crippen molar-refractivity contribution in [2.75, 3.05) is 11.5 Å². The Kier molecular flexibility index (Phi) is 4.27. The quantitative estimate of drug-likeness (QED) is 0.359. The fraction of sp³-hybridized carbons (Fsp3) is 0.100. The van der Waals surface area contributed by atoms with Crippen LogP contribution in [-0.4, -0.2) is 22.5 Å². The summed E-state index contributed by atoms with van der Waals surface area (Å²) >= 11 is 0. The number of carbonyl (C=O) groups excluding carboxylic acids is 1. The van der Waals surface area contributed by atoms with E-state index in [1.807, 2.05) is 65.6 Å². The average Bonchev–Trinajstić information content (AvgIpc) is 3.40. The molecule has 0 aliphatic carbocycles. The van der Waals surface area contributed by atoms with Gasteiger partial charge in [-0.1, -0.05) is 72.8 Å². The van der Waals surface area contributed by atoms with Gasteiger partial charge in [-0.15, -0.1) is 0 Å². The van der Waals surface area contributed by atoms with Gasteiger partial charge < -0.3 is 9.64 Å². The molecule has 0 bridgehead atoms. The minimum atomic E-state index is -0.890. The average molecular weight is 456 g/mol. The number of fused-ring (bicyclic) bond motifs is 5. The van der Waals surface area contributed by atoms with Crippen LogP contribution < -0.4 is 9.64 Å². The van der Waals surface area contributed by atoms with Gasteiger partial charge in [-0.05, 0) is 34.4 Å². The summed E-state index contributed by atoms with van der Waals surface area (Å²) in [6.07, 6.45) is 3.34. The lowest BCUT2D eigenvalue weighted by Crippen LogP contribution is -2.42. The minimum absolute atomic E-state index is 0.0311. The molecule has 0 fully saturated rings. The lowest BCUT2D eigenvalue weighted by molar-refractivity contribution is -0.122. The Bertz CT molecular complexity index is 1620. The van der Waals surface area contributed by atoms with Gasteiger partial charge in [0.15, 0.2) is 0 Å². The van der Waals surface area contributed by atoms with Crippen LogP contribution in [0.4, 0.5) is 5.69 Å². The zero-order valence-corrected chi connectivity index (χ0v) is 18.9. The molecular formula is C30H21N3O2. The molecule has 3 heterocycles. The Morgan fingerprint density at radius 1 is 0.800 bits per heavy atom. The second-order valence-electron chi connectivity index (χ2n) is 9.02. The van der Waals surface area contributed by atoms with Crippen LogP contribution in [0.5, 0.6) is 5.75 Å². The van der Waals surface area contributed by atoms with E-state index in [9.17, 15) is 4.79 Å². The highest BCUT2D eigenvalue weighted by Crippen LogP contribution is 2.53. The molecule has 0 radical (unpaired) electrons. The van der Waals surface area contributed by atoms with Crippen molar-refractivity contribution < 1.29 is 9.53 Å². The lowest BCUT2D eigenvalue weighted by Gasteiger charge is -2.24. The lowest BCUT2D eigenvalue weighted by atomic mass is 9.77. The number of rotatable bonds is 3. The molecule has 1 atom stereocenters. The summed E-state index contributed by atoms with van der Waals surface area (Å²) in [6, 6.07) is 30.5. The van der Waals surface area contributed by atoms with E-state index in [4.69, 9.17) is 4.74 Å². The molecule has 168 valence electrons. The number of ether oxygens (including phenoxy) is 1. The van der Waals surface area contributed by atoms with Gasteiger partial charge in [0, 0.05) is 29.7 Å². The van der Waals surface area contributed by atoms with Gasteiger partial charge in [0.2, 0.25) is 5.91 Å². The maximum Gasteiger partial charge on any atom is 0.246 e. The SMILES string of the molecule is O=C1N(Cc2ccccc2-c2ccccc2)c2ccccc2C12COc1cc3nccnc3cc12. The number of anilines is 1. The molecule has 1 aromatic heterocycles. The standard InChI is InChI=1S/C30H21N3O2/c34-29-30(19-35-28-17-26-25(16-24(28)30)31-14-15-32-26)23-12-6-7-13-27(23)33(29)18-21-10-4-5-11-22(21)20-8-2-1-3-9-20/h1-17H,18-19H2. The van der Waals surface area contributed by atoms with Crippen LogP contribution in [0, 0.1) is 0 Å². The van der Waals surface area contributed by atoms with Crippen molar-refractivity contribution in [3.05, 3.63) is 120 Å². The van der Waals surface area contributed by atoms with Crippen LogP contribution in [0.3, 0.4) is 0 Å². The Hall–Kier alpha value is -4.51. The van der Waals surface area contributed by atoms with Crippen molar-refractivity contribution in [1.29, 1.82) is 0 Å². The zero-order chi connectivity index (χ0) is 23.4. The monoisotopic (exact) mass is 455 g/mol. The number of nitrogens with zero attached hydrogens (tertiary/aromatic N) is 3. The highest BCUT2D eigenvalue weighted by Gasteiger charge is 2.57. The number of hydrogen-bond acceptors (Lipinski definition) is 4. The normalized spacial score (nSPS) is 18.1. The first kappa shape index (κ1) is 19.9. The van der Waals surface area contributed by atoms with E-state index in [1.54, 1.807) is 12.4 Å². The second kappa shape index (κ2) is 7.50. The number of hydrogen-bond donors (Lipinski definition) is 0. The summed E-state index contributed by atoms with van der Waals surface area (Å²) in [5, 5.41) is 0. The summed E-state index contributed by atoms with van der Waals surface area (Å²) in [5.41, 5.74) is 6.76. The van der Waals surface area contributed by atoms with Crippen molar-refractivity contribution in [3.63, 3.8) is 0 Å². The van der Waals surface area contributed by atoms with Gasteiger partial charge in [-0.3, -0.25) is 14.8 Å². The van der Waals surface area contributed by atoms with Crippen LogP contribution in [0.1, 0.15) is 16.7 Å². The molecule has 5 heteroatoms. The number of benzene rings is 4. The highest BCUT2D eigenvalue weighted by molar-refractivity contribution is 6.12. The molecule has 5 aromatic rings. The first-order chi connectivity index (χ1) is 17.3. The van der Waals surface area contributed by atoms with Gasteiger partial charge in [0.05, 0.1) is 17.6 Å². The Morgan fingerprint density at radius 3 is 2.37 bits per heavy atom. The van der Waals surface area contributed by atoms with E-state index < -0.39 is 5.41 Å². The highest BCUT2D eigenvalue weighted by atomic mass is 16.5. The number of para-hydroxylation sites is 1. The topological polar surface area (TPSA) is 55.3 Å². The molecule has 1 unspecified atom stereocenters. The molecule has 35 heavy (non-hydrogen) atoms. The van der Waals surface area contributed by atoms with E-state index >= 15 is 0 Å². The smallest absolute Gasteiger partial charge is 0.246 e. The number of amides is 1. The van der Waals surface area contributed by atoms with Crippen LogP contribution >= 0.6 is 0 Å². The van der Waals surface area contributed by atoms with Crippen LogP contribution in [0.25, 0.3) is 22.2 Å². The molecule has 5 nitrogen and oxygen atoms in total. The van der Waals surface area contributed by atoms with E-state index in [0.717, 1.165) is 44.5 Å². The summed E-state index contributed by atoms with van der Waals surface area (Å²) in [6.45, 7) is 0.747. The van der Waals surface area contributed by atoms with Crippen molar-refractivity contribution in [3.8, 4) is 16.9 Å². The first-order valence-electron chi connectivity index (χ1n) is 11.7. The van der Waals surface area contributed by atoms with Crippen LogP contribution in [0.15, 0.2) is 103 Å². The maximum atomic E-state index is 14.3. The Balaban J connectivity index is 1.37. The third kappa shape index (κ3) is 2.85. The summed E-state index contributed by atoms with van der Waals surface area (Å²) in [5.74, 6) is 0.733. The molecule has 4 aromatic carbocycles. The fourth-order valence-electron chi connectivity index (χ4n) is 5.52. The van der Waals surface area contributed by atoms with E-state index in [2.05, 4.69) is 40.3 Å². The van der Waals surface area contributed by atoms with Gasteiger partial charge in [0.25, 0.3) is 0 Å². The van der Waals surface area contributed by atoms with Crippen molar-refractivity contribution in [1.82, 2.24) is 9.97 Å². The molecule has 0 saturated carbocycles. The predicted molar refractivity (Wildman–Crippen MR) is 135 cm³/mol. The van der Waals surface area contributed by atoms with Crippen LogP contribution in [-0.2, 0) is 16.8 Å². The summed E-state index contributed by atoms with van der Waals surface area (Å²) in [4.78, 5) is 25.2. The van der Waals surface area contributed by atoms with E-state index in [-0.39, 0.29) is 12.5 Å². The number of carbonyl (C=O) groups is 1. The van der Waals surface area contributed by atoms with Crippen LogP contribution in [0.2, 0.25) is 0 Å². The van der Waals surface area contributed by atoms with Gasteiger partial charge >= 0.3 is 0 Å². The largest absolute Gasteiger partial charge is 0.491 e. The molecule has 0 saturated heterocycles. The van der Waals surface area contributed by atoms with Crippen molar-refractivity contribution in [2.45, 2.75) is 12.0 Å². The second-order valence-corrected chi connectivity index (χ2v) is 9.02. The van der Waals surface area contributed by atoms with Gasteiger partial charge in [0.1, 0.15) is 17.8 Å². The molecule has 0 N–H and O–H groups in total. The zero-order valence-electron chi connectivity index (χ0n) is 18.9. The maximum absolute atomic E-state index is 14.3. The summed E-state index contributed by atoms with van der Waals surface area (Å²) in [7, 11) is 0. The molecule has 1 spiro atoms. The minimum Gasteiger partial charge on any atom is -0.491 e. The first-order valence-corrected chi connectivity index (χ1v) is 11.7. The Morgan fingerprint density at radius 2 is 1.51 bits per heavy atom. The molecule has 2 aliphatic heterocycles. The molecule has 2 aliphatic rings. The Labute approximate surface area is 202 Å². The predicted octanol–water partition coefficient (Wildman–Crippen LogP) is 5.52. The molecule has 1 amide bonds. The van der Waals surface area contributed by atoms with Crippen molar-refractivity contribution >= 4 is 22.6 Å². The fourth-order valence-corrected chi connectivity index (χ4v) is 5.52. The van der Waals surface area contributed by atoms with Gasteiger partial charge in [-0.25, -0.2) is 0 Å². The van der Waals surface area contributed by atoms with Crippen molar-refractivity contribution in [2.24, 2.45) is 0 Å². The molecular weight excluding hydrogens is 434 g/mol. The van der Waals surface area contributed by atoms with Gasteiger partial charge in [-0.2, -0.15) is 0 Å². The third-order valence-electron chi connectivity index (χ3n) is 7.17. The number of aromatic nitrogens is 2. The van der Waals surface area contributed by atoms with E-state index in [0.29, 0.717) is 12.3 Å². The summed E-state index contributed by atoms with van der Waals surface area (Å²) < 4.78 is 6.15. The molecule has 7 rings (SSSR count). The van der Waals surface area contributed by atoms with E-state index in [1.165, 1.54) is 0 Å². The third-order valence-corrected chi connectivity index (χ3v) is 7.17.